The Balaban J connectivity index is 1.85. The Kier molecular flexibility index (Phi) is 5.06. The molecule has 0 amide bonds. The molecule has 34 heavy (non-hydrogen) atoms. The van der Waals surface area contributed by atoms with Gasteiger partial charge in [0.05, 0.1) is 0 Å². The zero-order chi connectivity index (χ0) is 23.0. The van der Waals surface area contributed by atoms with E-state index in [1.807, 2.05) is 12.1 Å². The third-order valence-electron chi connectivity index (χ3n) is 6.92. The first-order chi connectivity index (χ1) is 16.7. The fourth-order valence-corrected chi connectivity index (χ4v) is 12.6. The van der Waals surface area contributed by atoms with Gasteiger partial charge < -0.3 is 0 Å². The molecule has 0 spiro atoms. The Hall–Kier alpha value is -3.38. The monoisotopic (exact) mass is 478 g/mol. The second-order valence-electron chi connectivity index (χ2n) is 8.66. The van der Waals surface area contributed by atoms with Gasteiger partial charge in [0.15, 0.2) is 0 Å². The van der Waals surface area contributed by atoms with Crippen LogP contribution in [0.1, 0.15) is 16.8 Å². The third kappa shape index (κ3) is 2.91. The molecule has 0 saturated heterocycles. The molecule has 0 bridgehead atoms. The molecule has 0 aliphatic carbocycles. The van der Waals surface area contributed by atoms with Gasteiger partial charge in [-0.05, 0) is 0 Å². The fraction of sp³-hybridized carbons (Fsp3) is 0.0323. The summed E-state index contributed by atoms with van der Waals surface area (Å²) in [6.07, 6.45) is 0. The first kappa shape index (κ1) is 21.2. The third-order valence-corrected chi connectivity index (χ3v) is 14.7. The van der Waals surface area contributed by atoms with Gasteiger partial charge in [0, 0.05) is 0 Å². The van der Waals surface area contributed by atoms with Crippen molar-refractivity contribution < 1.29 is 4.74 Å². The van der Waals surface area contributed by atoms with E-state index in [9.17, 15) is 0 Å². The Morgan fingerprint density at radius 1 is 0.441 bits per heavy atom. The maximum absolute atomic E-state index is 8.58. The number of fused-ring (bicyclic) bond motifs is 2. The molecule has 0 unspecified atom stereocenters. The van der Waals surface area contributed by atoms with Gasteiger partial charge in [-0.15, -0.1) is 0 Å². The van der Waals surface area contributed by atoms with Crippen LogP contribution in [0.15, 0.2) is 140 Å². The summed E-state index contributed by atoms with van der Waals surface area (Å²) in [4.78, 5) is 0. The minimum atomic E-state index is -3.67. The molecule has 0 radical (unpaired) electrons. The van der Waals surface area contributed by atoms with Crippen LogP contribution in [0.2, 0.25) is 0 Å². The number of para-hydroxylation sites is 2. The molecule has 5 aromatic rings. The topological polar surface area (TPSA) is 9.23 Å². The molecular weight excluding hydrogens is 455 g/mol. The van der Waals surface area contributed by atoms with Crippen molar-refractivity contribution in [3.8, 4) is 11.5 Å². The zero-order valence-electron chi connectivity index (χ0n) is 18.6. The van der Waals surface area contributed by atoms with Crippen molar-refractivity contribution in [1.29, 1.82) is 0 Å². The second-order valence-corrected chi connectivity index (χ2v) is 15.0. The Morgan fingerprint density at radius 2 is 0.765 bits per heavy atom. The second kappa shape index (κ2) is 8.13. The van der Waals surface area contributed by atoms with Crippen LogP contribution in [-0.2, 0) is 0 Å². The standard InChI is InChI=1S/C31H24ClOP/c32-34(24-14-4-1-5-15-24,25-16-6-2-7-17-25,26-18-8-3-9-19-26)31-27-20-10-12-22-29(27)33-30-23-13-11-21-28(30)31/h1-23,31H. The number of hydrogen-bond donors (Lipinski definition) is 0. The first-order valence-corrected chi connectivity index (χ1v) is 14.7. The van der Waals surface area contributed by atoms with Crippen molar-refractivity contribution in [1.82, 2.24) is 0 Å². The molecule has 1 aliphatic heterocycles. The van der Waals surface area contributed by atoms with Crippen molar-refractivity contribution >= 4 is 33.1 Å². The number of rotatable bonds is 4. The van der Waals surface area contributed by atoms with Crippen LogP contribution in [-0.4, -0.2) is 0 Å². The average molecular weight is 479 g/mol. The number of benzene rings is 5. The summed E-state index contributed by atoms with van der Waals surface area (Å²) in [5, 5.41) is 3.43. The molecule has 0 fully saturated rings. The summed E-state index contributed by atoms with van der Waals surface area (Å²) in [5.74, 6) is -1.94. The molecule has 0 saturated carbocycles. The SMILES string of the molecule is ClP(c1ccccc1)(c1ccccc1)(c1ccccc1)C1c2ccccc2Oc2ccccc21. The van der Waals surface area contributed by atoms with E-state index in [0.29, 0.717) is 0 Å². The molecule has 1 nitrogen and oxygen atoms in total. The summed E-state index contributed by atoms with van der Waals surface area (Å²) < 4.78 is 6.42. The molecule has 3 heteroatoms. The predicted octanol–water partition coefficient (Wildman–Crippen LogP) is 7.57. The molecule has 5 aromatic carbocycles. The molecule has 0 N–H and O–H groups in total. The first-order valence-electron chi connectivity index (χ1n) is 11.5. The Bertz CT molecular complexity index is 1310. The van der Waals surface area contributed by atoms with Gasteiger partial charge in [0.2, 0.25) is 0 Å². The zero-order valence-corrected chi connectivity index (χ0v) is 20.2. The van der Waals surface area contributed by atoms with Gasteiger partial charge in [-0.3, -0.25) is 0 Å². The van der Waals surface area contributed by atoms with Crippen molar-refractivity contribution in [2.24, 2.45) is 0 Å². The van der Waals surface area contributed by atoms with Crippen LogP contribution in [0.3, 0.4) is 0 Å². The van der Waals surface area contributed by atoms with Gasteiger partial charge in [-0.25, -0.2) is 0 Å². The summed E-state index contributed by atoms with van der Waals surface area (Å²) >= 11 is 8.58. The van der Waals surface area contributed by atoms with Gasteiger partial charge in [0.25, 0.3) is 0 Å². The molecule has 1 heterocycles. The minimum absolute atomic E-state index is 0.124. The fourth-order valence-electron chi connectivity index (χ4n) is 5.46. The molecule has 6 rings (SSSR count). The van der Waals surface area contributed by atoms with Gasteiger partial charge >= 0.3 is 206 Å². The van der Waals surface area contributed by atoms with E-state index in [1.165, 1.54) is 0 Å². The van der Waals surface area contributed by atoms with Crippen LogP contribution >= 0.6 is 17.2 Å². The van der Waals surface area contributed by atoms with Crippen molar-refractivity contribution in [2.45, 2.75) is 5.66 Å². The maximum atomic E-state index is 8.58. The normalized spacial score (nSPS) is 14.2. The van der Waals surface area contributed by atoms with Gasteiger partial charge in [-0.1, -0.05) is 0 Å². The van der Waals surface area contributed by atoms with E-state index < -0.39 is 5.96 Å². The molecular formula is C31H24ClOP. The van der Waals surface area contributed by atoms with Gasteiger partial charge in [0.1, 0.15) is 0 Å². The van der Waals surface area contributed by atoms with Crippen LogP contribution in [0.5, 0.6) is 11.5 Å². The summed E-state index contributed by atoms with van der Waals surface area (Å²) in [6.45, 7) is 0. The van der Waals surface area contributed by atoms with Crippen LogP contribution in [0.4, 0.5) is 0 Å². The van der Waals surface area contributed by atoms with E-state index in [4.69, 9.17) is 16.0 Å². The number of halogens is 1. The van der Waals surface area contributed by atoms with Crippen LogP contribution < -0.4 is 20.7 Å². The number of hydrogen-bond acceptors (Lipinski definition) is 1. The predicted molar refractivity (Wildman–Crippen MR) is 146 cm³/mol. The van der Waals surface area contributed by atoms with Crippen LogP contribution in [0, 0.1) is 0 Å². The number of ether oxygens (including phenoxy) is 1. The van der Waals surface area contributed by atoms with E-state index in [2.05, 4.69) is 127 Å². The van der Waals surface area contributed by atoms with Gasteiger partial charge in [-0.2, -0.15) is 0 Å². The van der Waals surface area contributed by atoms with E-state index in [0.717, 1.165) is 38.5 Å². The van der Waals surface area contributed by atoms with E-state index >= 15 is 0 Å². The Morgan fingerprint density at radius 3 is 1.15 bits per heavy atom. The average Bonchev–Trinajstić information content (AvgIpc) is 2.93. The van der Waals surface area contributed by atoms with E-state index in [1.54, 1.807) is 0 Å². The summed E-state index contributed by atoms with van der Waals surface area (Å²) in [6, 6.07) is 48.7. The van der Waals surface area contributed by atoms with E-state index in [-0.39, 0.29) is 5.66 Å². The summed E-state index contributed by atoms with van der Waals surface area (Å²) in [7, 11) is 0. The van der Waals surface area contributed by atoms with Crippen molar-refractivity contribution in [3.63, 3.8) is 0 Å². The molecule has 166 valence electrons. The molecule has 1 aliphatic rings. The Labute approximate surface area is 205 Å². The quantitative estimate of drug-likeness (QED) is 0.242. The van der Waals surface area contributed by atoms with Crippen molar-refractivity contribution in [3.05, 3.63) is 151 Å². The van der Waals surface area contributed by atoms with Crippen molar-refractivity contribution in [2.75, 3.05) is 0 Å². The molecule has 0 atom stereocenters. The summed E-state index contributed by atoms with van der Waals surface area (Å²) in [5.41, 5.74) is 2.11. The van der Waals surface area contributed by atoms with Crippen LogP contribution in [0.25, 0.3) is 0 Å². The molecule has 0 aromatic heterocycles.